The minimum Gasteiger partial charge on any atom is -0.353 e. The summed E-state index contributed by atoms with van der Waals surface area (Å²) in [6.45, 7) is 0.616. The highest BCUT2D eigenvalue weighted by atomic mass is 16.1. The third kappa shape index (κ3) is 17.2. The third-order valence-corrected chi connectivity index (χ3v) is 4.39. The van der Waals surface area contributed by atoms with Gasteiger partial charge in [0.15, 0.2) is 0 Å². The first-order valence-corrected chi connectivity index (χ1v) is 10.7. The molecule has 0 unspecified atom stereocenters. The Balaban J connectivity index is 1.85. The number of hydrogen-bond acceptors (Lipinski definition) is 2. The molecule has 0 spiro atoms. The SMILES string of the molecule is [N-]=[N+]=NCCCCC/C=C/C/C=C/C/C=C/C/C=C/CCCC(=O)NC1CC1. The van der Waals surface area contributed by atoms with Gasteiger partial charge in [0.05, 0.1) is 0 Å². The minimum atomic E-state index is 0.208. The molecule has 0 bridgehead atoms. The van der Waals surface area contributed by atoms with Gasteiger partial charge in [-0.3, -0.25) is 4.79 Å². The van der Waals surface area contributed by atoms with Crippen LogP contribution in [0.15, 0.2) is 53.7 Å². The van der Waals surface area contributed by atoms with Crippen LogP contribution in [0.3, 0.4) is 0 Å². The van der Waals surface area contributed by atoms with Gasteiger partial charge >= 0.3 is 0 Å². The number of carbonyl (C=O) groups is 1. The molecule has 5 heteroatoms. The van der Waals surface area contributed by atoms with E-state index in [1.165, 1.54) is 0 Å². The van der Waals surface area contributed by atoms with Crippen LogP contribution in [0.1, 0.15) is 77.0 Å². The quantitative estimate of drug-likeness (QED) is 0.0978. The van der Waals surface area contributed by atoms with Gasteiger partial charge in [-0.05, 0) is 69.7 Å². The molecule has 0 saturated heterocycles. The molecule has 28 heavy (non-hydrogen) atoms. The van der Waals surface area contributed by atoms with Crippen LogP contribution in [0.4, 0.5) is 0 Å². The van der Waals surface area contributed by atoms with Gasteiger partial charge in [0, 0.05) is 23.9 Å². The van der Waals surface area contributed by atoms with Gasteiger partial charge < -0.3 is 5.32 Å². The van der Waals surface area contributed by atoms with E-state index >= 15 is 0 Å². The fraction of sp³-hybridized carbons (Fsp3) is 0.609. The number of azide groups is 1. The maximum atomic E-state index is 11.5. The number of allylic oxidation sites excluding steroid dienone is 8. The van der Waals surface area contributed by atoms with E-state index in [9.17, 15) is 4.79 Å². The molecule has 0 heterocycles. The molecule has 0 aliphatic heterocycles. The molecule has 0 radical (unpaired) electrons. The summed E-state index contributed by atoms with van der Waals surface area (Å²) >= 11 is 0. The molecule has 1 saturated carbocycles. The van der Waals surface area contributed by atoms with E-state index in [0.29, 0.717) is 19.0 Å². The zero-order valence-electron chi connectivity index (χ0n) is 17.1. The molecule has 1 aliphatic rings. The van der Waals surface area contributed by atoms with Crippen LogP contribution >= 0.6 is 0 Å². The van der Waals surface area contributed by atoms with Gasteiger partial charge in [-0.1, -0.05) is 60.1 Å². The molecule has 1 N–H and O–H groups in total. The first kappa shape index (κ1) is 23.8. The standard InChI is InChI=1S/C23H36N4O/c24-27-25-21-17-15-13-11-9-7-5-3-1-2-4-6-8-10-12-14-16-18-23(28)26-22-19-20-22/h1,3-4,6-7,9-10,12,22H,2,5,8,11,13-21H2,(H,26,28)/b3-1+,6-4+,9-7+,12-10+. The Bertz CT molecular complexity index is 567. The number of amides is 1. The van der Waals surface area contributed by atoms with Gasteiger partial charge in [0.25, 0.3) is 0 Å². The van der Waals surface area contributed by atoms with Crippen molar-refractivity contribution in [1.82, 2.24) is 5.32 Å². The van der Waals surface area contributed by atoms with Crippen molar-refractivity contribution in [3.05, 3.63) is 59.1 Å². The molecule has 1 rings (SSSR count). The number of unbranched alkanes of at least 4 members (excludes halogenated alkanes) is 4. The lowest BCUT2D eigenvalue weighted by Gasteiger charge is -2.00. The Morgan fingerprint density at radius 3 is 2.00 bits per heavy atom. The summed E-state index contributed by atoms with van der Waals surface area (Å²) in [4.78, 5) is 14.3. The van der Waals surface area contributed by atoms with Crippen LogP contribution in [-0.2, 0) is 4.79 Å². The van der Waals surface area contributed by atoms with Crippen LogP contribution in [0, 0.1) is 0 Å². The highest BCUT2D eigenvalue weighted by molar-refractivity contribution is 5.76. The third-order valence-electron chi connectivity index (χ3n) is 4.39. The fourth-order valence-electron chi connectivity index (χ4n) is 2.62. The summed E-state index contributed by atoms with van der Waals surface area (Å²) in [6.07, 6.45) is 29.7. The lowest BCUT2D eigenvalue weighted by molar-refractivity contribution is -0.121. The summed E-state index contributed by atoms with van der Waals surface area (Å²) in [6, 6.07) is 0.477. The Labute approximate surface area is 170 Å². The Kier molecular flexibility index (Phi) is 15.4. The van der Waals surface area contributed by atoms with Gasteiger partial charge in [0.1, 0.15) is 0 Å². The Morgan fingerprint density at radius 2 is 1.43 bits per heavy atom. The van der Waals surface area contributed by atoms with E-state index in [2.05, 4.69) is 64.0 Å². The van der Waals surface area contributed by atoms with E-state index in [4.69, 9.17) is 5.53 Å². The molecule has 1 amide bonds. The summed E-state index contributed by atoms with van der Waals surface area (Å²) in [5.74, 6) is 0.208. The van der Waals surface area contributed by atoms with E-state index in [-0.39, 0.29) is 5.91 Å². The molecule has 0 aromatic heterocycles. The second-order valence-electron chi connectivity index (χ2n) is 7.13. The summed E-state index contributed by atoms with van der Waals surface area (Å²) in [7, 11) is 0. The fourth-order valence-corrected chi connectivity index (χ4v) is 2.62. The maximum Gasteiger partial charge on any atom is 0.220 e. The van der Waals surface area contributed by atoms with Crippen molar-refractivity contribution < 1.29 is 4.79 Å². The highest BCUT2D eigenvalue weighted by Gasteiger charge is 2.22. The maximum absolute atomic E-state index is 11.5. The molecule has 1 fully saturated rings. The summed E-state index contributed by atoms with van der Waals surface area (Å²) < 4.78 is 0. The first-order chi connectivity index (χ1) is 13.8. The molecule has 0 atom stereocenters. The topological polar surface area (TPSA) is 77.9 Å². The number of hydrogen-bond donors (Lipinski definition) is 1. The van der Waals surface area contributed by atoms with E-state index < -0.39 is 0 Å². The highest BCUT2D eigenvalue weighted by Crippen LogP contribution is 2.18. The molecule has 5 nitrogen and oxygen atoms in total. The molecule has 0 aromatic rings. The average Bonchev–Trinajstić information content (AvgIpc) is 3.50. The van der Waals surface area contributed by atoms with E-state index in [0.717, 1.165) is 70.6 Å². The zero-order valence-corrected chi connectivity index (χ0v) is 17.1. The predicted octanol–water partition coefficient (Wildman–Crippen LogP) is 6.70. The second kappa shape index (κ2) is 18.1. The van der Waals surface area contributed by atoms with Gasteiger partial charge in [-0.15, -0.1) is 0 Å². The largest absolute Gasteiger partial charge is 0.353 e. The van der Waals surface area contributed by atoms with Gasteiger partial charge in [-0.2, -0.15) is 0 Å². The minimum absolute atomic E-state index is 0.208. The van der Waals surface area contributed by atoms with Crippen LogP contribution < -0.4 is 5.32 Å². The normalized spacial score (nSPS) is 14.4. The Morgan fingerprint density at radius 1 is 0.857 bits per heavy atom. The van der Waals surface area contributed by atoms with Crippen molar-refractivity contribution in [2.45, 2.75) is 83.1 Å². The van der Waals surface area contributed by atoms with Crippen LogP contribution in [0.5, 0.6) is 0 Å². The summed E-state index contributed by atoms with van der Waals surface area (Å²) in [5, 5.41) is 6.55. The number of nitrogens with zero attached hydrogens (tertiary/aromatic N) is 3. The van der Waals surface area contributed by atoms with Crippen LogP contribution in [0.25, 0.3) is 10.4 Å². The second-order valence-corrected chi connectivity index (χ2v) is 7.13. The van der Waals surface area contributed by atoms with Gasteiger partial charge in [-0.25, -0.2) is 0 Å². The number of carbonyl (C=O) groups excluding carboxylic acids is 1. The van der Waals surface area contributed by atoms with Gasteiger partial charge in [0.2, 0.25) is 5.91 Å². The molecular weight excluding hydrogens is 348 g/mol. The monoisotopic (exact) mass is 384 g/mol. The van der Waals surface area contributed by atoms with Crippen LogP contribution in [0.2, 0.25) is 0 Å². The predicted molar refractivity (Wildman–Crippen MR) is 118 cm³/mol. The molecule has 0 aromatic carbocycles. The smallest absolute Gasteiger partial charge is 0.220 e. The molecule has 154 valence electrons. The van der Waals surface area contributed by atoms with Crippen molar-refractivity contribution in [3.8, 4) is 0 Å². The van der Waals surface area contributed by atoms with E-state index in [1.54, 1.807) is 0 Å². The summed E-state index contributed by atoms with van der Waals surface area (Å²) in [5.41, 5.74) is 8.17. The average molecular weight is 385 g/mol. The zero-order chi connectivity index (χ0) is 20.1. The van der Waals surface area contributed by atoms with Crippen molar-refractivity contribution in [2.75, 3.05) is 6.54 Å². The van der Waals surface area contributed by atoms with E-state index in [1.807, 2.05) is 0 Å². The van der Waals surface area contributed by atoms with Crippen molar-refractivity contribution in [2.24, 2.45) is 5.11 Å². The van der Waals surface area contributed by atoms with Crippen molar-refractivity contribution in [1.29, 1.82) is 0 Å². The van der Waals surface area contributed by atoms with Crippen molar-refractivity contribution >= 4 is 5.91 Å². The van der Waals surface area contributed by atoms with Crippen LogP contribution in [-0.4, -0.2) is 18.5 Å². The lowest BCUT2D eigenvalue weighted by atomic mass is 10.2. The molecular formula is C23H36N4O. The first-order valence-electron chi connectivity index (χ1n) is 10.7. The molecule has 1 aliphatic carbocycles. The van der Waals surface area contributed by atoms with Crippen molar-refractivity contribution in [3.63, 3.8) is 0 Å². The number of nitrogens with one attached hydrogen (secondary N) is 1. The lowest BCUT2D eigenvalue weighted by Crippen LogP contribution is -2.24. The number of rotatable bonds is 17. The Hall–Kier alpha value is -2.26.